The number of nitrogens with one attached hydrogen (secondary N) is 2. The van der Waals surface area contributed by atoms with Crippen LogP contribution < -0.4 is 10.6 Å². The van der Waals surface area contributed by atoms with Gasteiger partial charge in [-0.25, -0.2) is 4.79 Å². The fourth-order valence-corrected chi connectivity index (χ4v) is 4.00. The second kappa shape index (κ2) is 8.94. The predicted octanol–water partition coefficient (Wildman–Crippen LogP) is 3.62. The molecule has 0 aliphatic carbocycles. The van der Waals surface area contributed by atoms with Crippen molar-refractivity contribution >= 4 is 34.1 Å². The van der Waals surface area contributed by atoms with Gasteiger partial charge in [0.1, 0.15) is 5.01 Å². The molecule has 0 spiro atoms. The topological polar surface area (TPSA) is 87.2 Å². The summed E-state index contributed by atoms with van der Waals surface area (Å²) < 4.78 is 0. The Morgan fingerprint density at radius 1 is 1.22 bits per heavy atom. The van der Waals surface area contributed by atoms with Crippen LogP contribution in [-0.4, -0.2) is 40.1 Å². The fourth-order valence-electron chi connectivity index (χ4n) is 3.04. The van der Waals surface area contributed by atoms with Crippen molar-refractivity contribution in [1.82, 2.24) is 15.1 Å². The van der Waals surface area contributed by atoms with Crippen LogP contribution in [0.1, 0.15) is 31.7 Å². The molecule has 2 N–H and O–H groups in total. The van der Waals surface area contributed by atoms with Gasteiger partial charge in [0, 0.05) is 25.2 Å². The molecular weight excluding hydrogens is 362 g/mol. The number of urea groups is 1. The molecule has 2 aromatic rings. The van der Waals surface area contributed by atoms with E-state index in [1.54, 1.807) is 4.90 Å². The first-order valence-corrected chi connectivity index (χ1v) is 10.1. The molecule has 2 heterocycles. The van der Waals surface area contributed by atoms with E-state index in [1.165, 1.54) is 11.3 Å². The molecule has 1 aliphatic rings. The Morgan fingerprint density at radius 3 is 2.74 bits per heavy atom. The van der Waals surface area contributed by atoms with Crippen LogP contribution in [0.15, 0.2) is 30.3 Å². The summed E-state index contributed by atoms with van der Waals surface area (Å²) >= 11 is 1.42. The molecule has 1 aliphatic heterocycles. The molecule has 1 atom stereocenters. The predicted molar refractivity (Wildman–Crippen MR) is 107 cm³/mol. The fraction of sp³-hybridized carbons (Fsp3) is 0.474. The molecule has 0 saturated carbocycles. The Balaban J connectivity index is 1.54. The van der Waals surface area contributed by atoms with Crippen LogP contribution in [0.2, 0.25) is 0 Å². The molecule has 27 heavy (non-hydrogen) atoms. The van der Waals surface area contributed by atoms with Crippen molar-refractivity contribution in [2.45, 2.75) is 33.1 Å². The molecule has 1 aromatic carbocycles. The van der Waals surface area contributed by atoms with Gasteiger partial charge in [-0.2, -0.15) is 0 Å². The van der Waals surface area contributed by atoms with Crippen LogP contribution in [0.5, 0.6) is 0 Å². The summed E-state index contributed by atoms with van der Waals surface area (Å²) in [4.78, 5) is 26.8. The van der Waals surface area contributed by atoms with E-state index in [1.807, 2.05) is 30.3 Å². The summed E-state index contributed by atoms with van der Waals surface area (Å²) in [6, 6.07) is 9.16. The molecule has 0 bridgehead atoms. The number of benzene rings is 1. The molecule has 1 unspecified atom stereocenters. The standard InChI is InChI=1S/C19H25N5O2S/c1-13(2)11-16-22-23-18(27-16)21-17(25)14-7-6-10-24(12-14)19(26)20-15-8-4-3-5-9-15/h3-5,8-9,13-14H,6-7,10-12H2,1-2H3,(H,20,26)(H,21,23,25). The quantitative estimate of drug-likeness (QED) is 0.820. The maximum Gasteiger partial charge on any atom is 0.321 e. The first-order chi connectivity index (χ1) is 13.0. The van der Waals surface area contributed by atoms with Crippen molar-refractivity contribution in [3.8, 4) is 0 Å². The monoisotopic (exact) mass is 387 g/mol. The summed E-state index contributed by atoms with van der Waals surface area (Å²) in [5.74, 6) is 0.161. The highest BCUT2D eigenvalue weighted by Gasteiger charge is 2.29. The number of carbonyl (C=O) groups is 2. The number of carbonyl (C=O) groups excluding carboxylic acids is 2. The number of nitrogens with zero attached hydrogens (tertiary/aromatic N) is 3. The summed E-state index contributed by atoms with van der Waals surface area (Å²) in [6.45, 7) is 5.30. The average Bonchev–Trinajstić information content (AvgIpc) is 3.08. The van der Waals surface area contributed by atoms with E-state index in [9.17, 15) is 9.59 Å². The van der Waals surface area contributed by atoms with Crippen molar-refractivity contribution < 1.29 is 9.59 Å². The van der Waals surface area contributed by atoms with Gasteiger partial charge < -0.3 is 15.5 Å². The normalized spacial score (nSPS) is 17.0. The van der Waals surface area contributed by atoms with Crippen molar-refractivity contribution in [2.24, 2.45) is 11.8 Å². The van der Waals surface area contributed by atoms with E-state index < -0.39 is 0 Å². The maximum absolute atomic E-state index is 12.6. The number of anilines is 2. The zero-order valence-electron chi connectivity index (χ0n) is 15.6. The molecular formula is C19H25N5O2S. The van der Waals surface area contributed by atoms with Gasteiger partial charge in [-0.05, 0) is 30.9 Å². The largest absolute Gasteiger partial charge is 0.324 e. The number of rotatable bonds is 5. The lowest BCUT2D eigenvalue weighted by atomic mass is 9.97. The van der Waals surface area contributed by atoms with E-state index >= 15 is 0 Å². The van der Waals surface area contributed by atoms with E-state index in [0.29, 0.717) is 24.1 Å². The Morgan fingerprint density at radius 2 is 2.00 bits per heavy atom. The second-order valence-electron chi connectivity index (χ2n) is 7.17. The molecule has 3 rings (SSSR count). The van der Waals surface area contributed by atoms with E-state index in [-0.39, 0.29) is 17.9 Å². The molecule has 144 valence electrons. The summed E-state index contributed by atoms with van der Waals surface area (Å²) in [5.41, 5.74) is 0.751. The molecule has 8 heteroatoms. The van der Waals surface area contributed by atoms with Gasteiger partial charge in [-0.15, -0.1) is 10.2 Å². The van der Waals surface area contributed by atoms with Gasteiger partial charge in [0.25, 0.3) is 0 Å². The van der Waals surface area contributed by atoms with Crippen molar-refractivity contribution in [1.29, 1.82) is 0 Å². The van der Waals surface area contributed by atoms with E-state index in [2.05, 4.69) is 34.7 Å². The van der Waals surface area contributed by atoms with Gasteiger partial charge in [-0.1, -0.05) is 43.4 Å². The minimum atomic E-state index is -0.238. The number of likely N-dealkylation sites (tertiary alicyclic amines) is 1. The number of amides is 3. The maximum atomic E-state index is 12.6. The van der Waals surface area contributed by atoms with Crippen LogP contribution in [0, 0.1) is 11.8 Å². The second-order valence-corrected chi connectivity index (χ2v) is 8.23. The minimum absolute atomic E-state index is 0.0977. The summed E-state index contributed by atoms with van der Waals surface area (Å²) in [6.07, 6.45) is 2.41. The molecule has 3 amide bonds. The number of para-hydroxylation sites is 1. The summed E-state index contributed by atoms with van der Waals surface area (Å²) in [7, 11) is 0. The van der Waals surface area contributed by atoms with E-state index in [0.717, 1.165) is 30.0 Å². The highest BCUT2D eigenvalue weighted by molar-refractivity contribution is 7.15. The molecule has 7 nitrogen and oxygen atoms in total. The Kier molecular flexibility index (Phi) is 6.39. The molecule has 0 radical (unpaired) electrons. The molecule has 1 aromatic heterocycles. The molecule has 1 fully saturated rings. The summed E-state index contributed by atoms with van der Waals surface area (Å²) in [5, 5.41) is 15.4. The lowest BCUT2D eigenvalue weighted by Crippen LogP contribution is -2.45. The van der Waals surface area contributed by atoms with Gasteiger partial charge in [0.15, 0.2) is 0 Å². The third-order valence-electron chi connectivity index (χ3n) is 4.38. The highest BCUT2D eigenvalue weighted by atomic mass is 32.1. The minimum Gasteiger partial charge on any atom is -0.324 e. The van der Waals surface area contributed by atoms with Crippen LogP contribution >= 0.6 is 11.3 Å². The van der Waals surface area contributed by atoms with Gasteiger partial charge >= 0.3 is 6.03 Å². The first kappa shape index (κ1) is 19.3. The Hall–Kier alpha value is -2.48. The number of hydrogen-bond acceptors (Lipinski definition) is 5. The van der Waals surface area contributed by atoms with Crippen LogP contribution in [0.25, 0.3) is 0 Å². The first-order valence-electron chi connectivity index (χ1n) is 9.25. The van der Waals surface area contributed by atoms with Gasteiger partial charge in [0.2, 0.25) is 11.0 Å². The van der Waals surface area contributed by atoms with Crippen LogP contribution in [0.3, 0.4) is 0 Å². The van der Waals surface area contributed by atoms with Gasteiger partial charge in [0.05, 0.1) is 5.92 Å². The average molecular weight is 388 g/mol. The van der Waals surface area contributed by atoms with Crippen molar-refractivity contribution in [3.05, 3.63) is 35.3 Å². The lowest BCUT2D eigenvalue weighted by molar-refractivity contribution is -0.121. The van der Waals surface area contributed by atoms with Crippen molar-refractivity contribution in [2.75, 3.05) is 23.7 Å². The Labute approximate surface area is 163 Å². The SMILES string of the molecule is CC(C)Cc1nnc(NC(=O)C2CCCN(C(=O)Nc3ccccc3)C2)s1. The highest BCUT2D eigenvalue weighted by Crippen LogP contribution is 2.22. The molecule has 1 saturated heterocycles. The zero-order chi connectivity index (χ0) is 19.2. The Bertz CT molecular complexity index is 777. The van der Waals surface area contributed by atoms with Crippen LogP contribution in [-0.2, 0) is 11.2 Å². The number of aromatic nitrogens is 2. The lowest BCUT2D eigenvalue weighted by Gasteiger charge is -2.31. The number of hydrogen-bond donors (Lipinski definition) is 2. The third kappa shape index (κ3) is 5.50. The van der Waals surface area contributed by atoms with Crippen LogP contribution in [0.4, 0.5) is 15.6 Å². The van der Waals surface area contributed by atoms with Gasteiger partial charge in [-0.3, -0.25) is 4.79 Å². The number of piperidine rings is 1. The smallest absolute Gasteiger partial charge is 0.321 e. The van der Waals surface area contributed by atoms with Crippen molar-refractivity contribution in [3.63, 3.8) is 0 Å². The third-order valence-corrected chi connectivity index (χ3v) is 5.25. The van der Waals surface area contributed by atoms with E-state index in [4.69, 9.17) is 0 Å². The zero-order valence-corrected chi connectivity index (χ0v) is 16.5.